The van der Waals surface area contributed by atoms with Gasteiger partial charge < -0.3 is 5.11 Å². The summed E-state index contributed by atoms with van der Waals surface area (Å²) in [6.45, 7) is 5.73. The van der Waals surface area contributed by atoms with Crippen molar-refractivity contribution in [2.45, 2.75) is 32.8 Å². The van der Waals surface area contributed by atoms with Gasteiger partial charge in [0.25, 0.3) is 0 Å². The van der Waals surface area contributed by atoms with E-state index in [-0.39, 0.29) is 0 Å². The summed E-state index contributed by atoms with van der Waals surface area (Å²) in [5.74, 6) is 0. The standard InChI is InChI=1S/C15H19ClN2O/c1-10-7-5-6-8-13(10)15(3,19)9-12-11(2)17-18(4)14(12)16/h5-8,19H,9H2,1-4H3. The third-order valence-electron chi connectivity index (χ3n) is 3.52. The second-order valence-corrected chi connectivity index (χ2v) is 5.60. The van der Waals surface area contributed by atoms with E-state index in [1.54, 1.807) is 11.7 Å². The van der Waals surface area contributed by atoms with Gasteiger partial charge in [-0.3, -0.25) is 4.68 Å². The van der Waals surface area contributed by atoms with Gasteiger partial charge in [0, 0.05) is 19.0 Å². The highest BCUT2D eigenvalue weighted by Gasteiger charge is 2.28. The third kappa shape index (κ3) is 2.67. The third-order valence-corrected chi connectivity index (χ3v) is 3.99. The van der Waals surface area contributed by atoms with Crippen molar-refractivity contribution in [3.8, 4) is 0 Å². The highest BCUT2D eigenvalue weighted by molar-refractivity contribution is 6.30. The van der Waals surface area contributed by atoms with Crippen LogP contribution in [0.2, 0.25) is 5.15 Å². The Hall–Kier alpha value is -1.32. The molecule has 1 N–H and O–H groups in total. The van der Waals surface area contributed by atoms with Crippen LogP contribution in [0.25, 0.3) is 0 Å². The molecule has 19 heavy (non-hydrogen) atoms. The van der Waals surface area contributed by atoms with Gasteiger partial charge >= 0.3 is 0 Å². The predicted molar refractivity (Wildman–Crippen MR) is 77.4 cm³/mol. The minimum absolute atomic E-state index is 0.455. The van der Waals surface area contributed by atoms with Gasteiger partial charge in [-0.25, -0.2) is 0 Å². The second kappa shape index (κ2) is 4.99. The Bertz CT molecular complexity index is 602. The SMILES string of the molecule is Cc1ccccc1C(C)(O)Cc1c(C)nn(C)c1Cl. The molecular weight excluding hydrogens is 260 g/mol. The molecule has 1 atom stereocenters. The number of rotatable bonds is 3. The average Bonchev–Trinajstić information content (AvgIpc) is 2.56. The fraction of sp³-hybridized carbons (Fsp3) is 0.400. The number of hydrogen-bond donors (Lipinski definition) is 1. The molecule has 0 aliphatic rings. The van der Waals surface area contributed by atoms with Crippen molar-refractivity contribution < 1.29 is 5.11 Å². The molecule has 4 heteroatoms. The van der Waals surface area contributed by atoms with Gasteiger partial charge in [-0.1, -0.05) is 35.9 Å². The Labute approximate surface area is 118 Å². The predicted octanol–water partition coefficient (Wildman–Crippen LogP) is 3.14. The number of benzene rings is 1. The smallest absolute Gasteiger partial charge is 0.130 e. The molecule has 1 unspecified atom stereocenters. The maximum Gasteiger partial charge on any atom is 0.130 e. The quantitative estimate of drug-likeness (QED) is 0.937. The van der Waals surface area contributed by atoms with Crippen LogP contribution < -0.4 is 0 Å². The van der Waals surface area contributed by atoms with Gasteiger partial charge in [-0.05, 0) is 31.9 Å². The van der Waals surface area contributed by atoms with Gasteiger partial charge in [0.2, 0.25) is 0 Å². The fourth-order valence-corrected chi connectivity index (χ4v) is 2.73. The van der Waals surface area contributed by atoms with Crippen LogP contribution in [0.15, 0.2) is 24.3 Å². The van der Waals surface area contributed by atoms with E-state index in [2.05, 4.69) is 5.10 Å². The Balaban J connectivity index is 2.39. The molecule has 0 amide bonds. The van der Waals surface area contributed by atoms with Crippen LogP contribution in [0.5, 0.6) is 0 Å². The van der Waals surface area contributed by atoms with E-state index in [9.17, 15) is 5.11 Å². The second-order valence-electron chi connectivity index (χ2n) is 5.24. The van der Waals surface area contributed by atoms with E-state index in [1.165, 1.54) is 0 Å². The molecule has 1 aromatic heterocycles. The number of aromatic nitrogens is 2. The molecular formula is C15H19ClN2O. The Kier molecular flexibility index (Phi) is 3.70. The summed E-state index contributed by atoms with van der Waals surface area (Å²) in [7, 11) is 1.81. The molecule has 1 heterocycles. The minimum atomic E-state index is -0.956. The van der Waals surface area contributed by atoms with E-state index >= 15 is 0 Å². The lowest BCUT2D eigenvalue weighted by molar-refractivity contribution is 0.0568. The molecule has 0 saturated carbocycles. The van der Waals surface area contributed by atoms with Gasteiger partial charge in [0.05, 0.1) is 11.3 Å². The van der Waals surface area contributed by atoms with E-state index in [0.29, 0.717) is 11.6 Å². The van der Waals surface area contributed by atoms with Crippen molar-refractivity contribution in [3.05, 3.63) is 51.8 Å². The molecule has 0 fully saturated rings. The number of halogens is 1. The molecule has 2 rings (SSSR count). The summed E-state index contributed by atoms with van der Waals surface area (Å²) in [5, 5.41) is 15.7. The van der Waals surface area contributed by atoms with Crippen LogP contribution in [0, 0.1) is 13.8 Å². The van der Waals surface area contributed by atoms with E-state index in [4.69, 9.17) is 11.6 Å². The van der Waals surface area contributed by atoms with Crippen molar-refractivity contribution in [2.75, 3.05) is 0 Å². The summed E-state index contributed by atoms with van der Waals surface area (Å²) in [4.78, 5) is 0. The van der Waals surface area contributed by atoms with Gasteiger partial charge in [-0.2, -0.15) is 5.10 Å². The summed E-state index contributed by atoms with van der Waals surface area (Å²) >= 11 is 6.24. The lowest BCUT2D eigenvalue weighted by atomic mass is 9.86. The average molecular weight is 279 g/mol. The molecule has 0 saturated heterocycles. The first-order chi connectivity index (χ1) is 8.83. The molecule has 0 aliphatic heterocycles. The first kappa shape index (κ1) is 14.1. The summed E-state index contributed by atoms with van der Waals surface area (Å²) < 4.78 is 1.64. The molecule has 0 spiro atoms. The lowest BCUT2D eigenvalue weighted by Gasteiger charge is -2.25. The van der Waals surface area contributed by atoms with Crippen molar-refractivity contribution in [3.63, 3.8) is 0 Å². The maximum atomic E-state index is 10.8. The Morgan fingerprint density at radius 3 is 2.47 bits per heavy atom. The van der Waals surface area contributed by atoms with Crippen molar-refractivity contribution in [1.29, 1.82) is 0 Å². The minimum Gasteiger partial charge on any atom is -0.385 e. The van der Waals surface area contributed by atoms with E-state index in [1.807, 2.05) is 45.0 Å². The molecule has 1 aromatic carbocycles. The van der Waals surface area contributed by atoms with Crippen molar-refractivity contribution in [1.82, 2.24) is 9.78 Å². The van der Waals surface area contributed by atoms with Crippen LogP contribution >= 0.6 is 11.6 Å². The van der Waals surface area contributed by atoms with Crippen molar-refractivity contribution in [2.24, 2.45) is 7.05 Å². The highest BCUT2D eigenvalue weighted by atomic mass is 35.5. The van der Waals surface area contributed by atoms with E-state index in [0.717, 1.165) is 22.4 Å². The first-order valence-electron chi connectivity index (χ1n) is 6.29. The zero-order chi connectivity index (χ0) is 14.2. The van der Waals surface area contributed by atoms with Crippen LogP contribution in [0.4, 0.5) is 0 Å². The summed E-state index contributed by atoms with van der Waals surface area (Å²) in [5.41, 5.74) is 2.81. The lowest BCUT2D eigenvalue weighted by Crippen LogP contribution is -2.25. The van der Waals surface area contributed by atoms with Gasteiger partial charge in [0.15, 0.2) is 0 Å². The van der Waals surface area contributed by atoms with Crippen molar-refractivity contribution >= 4 is 11.6 Å². The normalized spacial score (nSPS) is 14.4. The van der Waals surface area contributed by atoms with Crippen LogP contribution in [-0.4, -0.2) is 14.9 Å². The zero-order valence-corrected chi connectivity index (χ0v) is 12.5. The number of aliphatic hydroxyl groups is 1. The maximum absolute atomic E-state index is 10.8. The fourth-order valence-electron chi connectivity index (χ4n) is 2.49. The zero-order valence-electron chi connectivity index (χ0n) is 11.7. The largest absolute Gasteiger partial charge is 0.385 e. The van der Waals surface area contributed by atoms with Crippen LogP contribution in [0.3, 0.4) is 0 Å². The Morgan fingerprint density at radius 2 is 1.95 bits per heavy atom. The topological polar surface area (TPSA) is 38.1 Å². The monoisotopic (exact) mass is 278 g/mol. The number of hydrogen-bond acceptors (Lipinski definition) is 2. The highest BCUT2D eigenvalue weighted by Crippen LogP contribution is 2.31. The molecule has 0 aliphatic carbocycles. The molecule has 0 radical (unpaired) electrons. The van der Waals surface area contributed by atoms with Gasteiger partial charge in [0.1, 0.15) is 5.15 Å². The molecule has 2 aromatic rings. The van der Waals surface area contributed by atoms with Crippen LogP contribution in [-0.2, 0) is 19.1 Å². The van der Waals surface area contributed by atoms with Gasteiger partial charge in [-0.15, -0.1) is 0 Å². The number of nitrogens with zero attached hydrogens (tertiary/aromatic N) is 2. The van der Waals surface area contributed by atoms with Crippen LogP contribution in [0.1, 0.15) is 29.3 Å². The summed E-state index contributed by atoms with van der Waals surface area (Å²) in [6.07, 6.45) is 0.455. The summed E-state index contributed by atoms with van der Waals surface area (Å²) in [6, 6.07) is 7.86. The Morgan fingerprint density at radius 1 is 1.32 bits per heavy atom. The number of aryl methyl sites for hydroxylation is 3. The van der Waals surface area contributed by atoms with E-state index < -0.39 is 5.60 Å². The molecule has 102 valence electrons. The first-order valence-corrected chi connectivity index (χ1v) is 6.67. The molecule has 0 bridgehead atoms. The molecule has 3 nitrogen and oxygen atoms in total.